The van der Waals surface area contributed by atoms with E-state index < -0.39 is 0 Å². The van der Waals surface area contributed by atoms with E-state index in [9.17, 15) is 0 Å². The van der Waals surface area contributed by atoms with Crippen LogP contribution in [0.15, 0.2) is 60.1 Å². The minimum Gasteiger partial charge on any atom is -0.478 e. The van der Waals surface area contributed by atoms with Gasteiger partial charge in [-0.25, -0.2) is 15.0 Å². The number of hydrogen-bond donors (Lipinski definition) is 1. The Morgan fingerprint density at radius 3 is 2.67 bits per heavy atom. The number of aliphatic imine (C=N–C) groups is 1. The molecule has 0 unspecified atom stereocenters. The van der Waals surface area contributed by atoms with E-state index in [0.717, 1.165) is 71.3 Å². The molecule has 0 aliphatic carbocycles. The van der Waals surface area contributed by atoms with E-state index in [4.69, 9.17) is 14.7 Å². The van der Waals surface area contributed by atoms with Crippen LogP contribution in [0.2, 0.25) is 0 Å². The molecule has 0 aromatic carbocycles. The third-order valence-electron chi connectivity index (χ3n) is 6.77. The second-order valence-electron chi connectivity index (χ2n) is 10.2. The van der Waals surface area contributed by atoms with Crippen LogP contribution in [-0.2, 0) is 11.8 Å². The van der Waals surface area contributed by atoms with Gasteiger partial charge < -0.3 is 15.0 Å². The van der Waals surface area contributed by atoms with Gasteiger partial charge in [-0.3, -0.25) is 9.67 Å². The van der Waals surface area contributed by atoms with Crippen LogP contribution >= 0.6 is 0 Å². The van der Waals surface area contributed by atoms with E-state index in [1.54, 1.807) is 10.9 Å². The van der Waals surface area contributed by atoms with E-state index in [0.29, 0.717) is 12.5 Å². The van der Waals surface area contributed by atoms with Crippen molar-refractivity contribution in [2.45, 2.75) is 32.2 Å². The Labute approximate surface area is 210 Å². The SMILES string of the molecule is Cn1ccc(Nc2cc(-c3cc4cnccc4c(N4CCC(C5=NC(C)(C)CO5)CC4)n3)ccn2)n1. The van der Waals surface area contributed by atoms with Crippen LogP contribution in [0.3, 0.4) is 0 Å². The molecule has 4 aromatic heterocycles. The monoisotopic (exact) mass is 482 g/mol. The minimum absolute atomic E-state index is 0.111. The minimum atomic E-state index is -0.111. The van der Waals surface area contributed by atoms with Crippen LogP contribution in [0.4, 0.5) is 17.5 Å². The summed E-state index contributed by atoms with van der Waals surface area (Å²) in [6.07, 6.45) is 9.44. The molecule has 1 saturated heterocycles. The number of aryl methyl sites for hydroxylation is 1. The Bertz CT molecular complexity index is 1430. The maximum absolute atomic E-state index is 5.94. The largest absolute Gasteiger partial charge is 0.478 e. The zero-order valence-corrected chi connectivity index (χ0v) is 20.8. The van der Waals surface area contributed by atoms with Gasteiger partial charge in [0.15, 0.2) is 11.7 Å². The predicted octanol–water partition coefficient (Wildman–Crippen LogP) is 4.59. The third-order valence-corrected chi connectivity index (χ3v) is 6.77. The summed E-state index contributed by atoms with van der Waals surface area (Å²) in [4.78, 5) is 21.2. The van der Waals surface area contributed by atoms with Gasteiger partial charge in [0.25, 0.3) is 0 Å². The van der Waals surface area contributed by atoms with Crippen LogP contribution in [0.1, 0.15) is 26.7 Å². The number of rotatable bonds is 5. The molecule has 2 aliphatic rings. The maximum Gasteiger partial charge on any atom is 0.187 e. The van der Waals surface area contributed by atoms with E-state index in [1.165, 1.54) is 0 Å². The number of fused-ring (bicyclic) bond motifs is 1. The van der Waals surface area contributed by atoms with Gasteiger partial charge in [-0.15, -0.1) is 0 Å². The first kappa shape index (κ1) is 22.5. The van der Waals surface area contributed by atoms with Gasteiger partial charge in [0.05, 0.1) is 11.2 Å². The Morgan fingerprint density at radius 2 is 1.92 bits per heavy atom. The molecule has 9 heteroatoms. The quantitative estimate of drug-likeness (QED) is 0.445. The summed E-state index contributed by atoms with van der Waals surface area (Å²) in [7, 11) is 1.89. The van der Waals surface area contributed by atoms with E-state index in [1.807, 2.05) is 43.8 Å². The van der Waals surface area contributed by atoms with Crippen molar-refractivity contribution >= 4 is 34.1 Å². The number of pyridine rings is 3. The van der Waals surface area contributed by atoms with E-state index in [2.05, 4.69) is 51.3 Å². The molecule has 2 aliphatic heterocycles. The molecule has 6 heterocycles. The van der Waals surface area contributed by atoms with Crippen molar-refractivity contribution in [1.29, 1.82) is 0 Å². The summed E-state index contributed by atoms with van der Waals surface area (Å²) in [5, 5.41) is 9.84. The molecule has 1 N–H and O–H groups in total. The molecule has 0 amide bonds. The van der Waals surface area contributed by atoms with Crippen molar-refractivity contribution in [2.75, 3.05) is 29.9 Å². The molecule has 0 saturated carbocycles. The fourth-order valence-electron chi connectivity index (χ4n) is 4.90. The van der Waals surface area contributed by atoms with Gasteiger partial charge in [-0.2, -0.15) is 5.10 Å². The Hall–Kier alpha value is -4.01. The molecule has 184 valence electrons. The average Bonchev–Trinajstić information content (AvgIpc) is 3.47. The summed E-state index contributed by atoms with van der Waals surface area (Å²) >= 11 is 0. The van der Waals surface area contributed by atoms with Crippen LogP contribution in [0.25, 0.3) is 22.0 Å². The lowest BCUT2D eigenvalue weighted by molar-refractivity contribution is 0.259. The number of hydrogen-bond acceptors (Lipinski definition) is 8. The van der Waals surface area contributed by atoms with Gasteiger partial charge in [0.2, 0.25) is 0 Å². The van der Waals surface area contributed by atoms with E-state index in [-0.39, 0.29) is 5.54 Å². The first-order chi connectivity index (χ1) is 17.4. The lowest BCUT2D eigenvalue weighted by Crippen LogP contribution is -2.37. The van der Waals surface area contributed by atoms with Crippen LogP contribution < -0.4 is 10.2 Å². The number of nitrogens with one attached hydrogen (secondary N) is 1. The summed E-state index contributed by atoms with van der Waals surface area (Å²) in [5.41, 5.74) is 1.77. The molecule has 36 heavy (non-hydrogen) atoms. The van der Waals surface area contributed by atoms with Crippen LogP contribution in [0.5, 0.6) is 0 Å². The van der Waals surface area contributed by atoms with Crippen LogP contribution in [0, 0.1) is 5.92 Å². The second-order valence-corrected chi connectivity index (χ2v) is 10.2. The van der Waals surface area contributed by atoms with Gasteiger partial charge in [0, 0.05) is 73.2 Å². The highest BCUT2D eigenvalue weighted by Gasteiger charge is 2.33. The molecule has 0 atom stereocenters. The first-order valence-corrected chi connectivity index (χ1v) is 12.4. The Balaban J connectivity index is 1.29. The van der Waals surface area contributed by atoms with Crippen molar-refractivity contribution in [3.63, 3.8) is 0 Å². The fraction of sp³-hybridized carbons (Fsp3) is 0.370. The van der Waals surface area contributed by atoms with Crippen molar-refractivity contribution in [3.05, 3.63) is 55.1 Å². The first-order valence-electron chi connectivity index (χ1n) is 12.4. The van der Waals surface area contributed by atoms with Gasteiger partial charge in [-0.1, -0.05) is 0 Å². The van der Waals surface area contributed by atoms with Crippen molar-refractivity contribution < 1.29 is 4.74 Å². The van der Waals surface area contributed by atoms with Crippen molar-refractivity contribution in [1.82, 2.24) is 24.7 Å². The predicted molar refractivity (Wildman–Crippen MR) is 142 cm³/mol. The van der Waals surface area contributed by atoms with E-state index >= 15 is 0 Å². The number of piperidine rings is 1. The average molecular weight is 483 g/mol. The molecular weight excluding hydrogens is 452 g/mol. The molecule has 0 spiro atoms. The highest BCUT2D eigenvalue weighted by atomic mass is 16.5. The molecule has 1 fully saturated rings. The molecule has 4 aromatic rings. The smallest absolute Gasteiger partial charge is 0.187 e. The molecule has 0 radical (unpaired) electrons. The maximum atomic E-state index is 5.94. The summed E-state index contributed by atoms with van der Waals surface area (Å²) in [5.74, 6) is 3.77. The number of ether oxygens (including phenoxy) is 1. The van der Waals surface area contributed by atoms with Crippen molar-refractivity contribution in [2.24, 2.45) is 18.0 Å². The summed E-state index contributed by atoms with van der Waals surface area (Å²) in [6, 6.07) is 10.1. The lowest BCUT2D eigenvalue weighted by Gasteiger charge is -2.33. The molecule has 6 rings (SSSR count). The standard InChI is InChI=1S/C27H30N8O/c1-27(2)17-36-26(32-27)18-6-12-35(13-7-18)25-21-5-9-28-16-20(21)14-22(30-25)19-4-10-29-24(15-19)31-23-8-11-34(3)33-23/h4-5,8-11,14-16,18H,6-7,12-13,17H2,1-3H3,(H,29,31,33). The van der Waals surface area contributed by atoms with Crippen molar-refractivity contribution in [3.8, 4) is 11.3 Å². The highest BCUT2D eigenvalue weighted by molar-refractivity contribution is 5.94. The zero-order valence-electron chi connectivity index (χ0n) is 20.8. The number of anilines is 3. The van der Waals surface area contributed by atoms with Gasteiger partial charge >= 0.3 is 0 Å². The van der Waals surface area contributed by atoms with Crippen LogP contribution in [-0.4, -0.2) is 55.9 Å². The molecular formula is C27H30N8O. The third kappa shape index (κ3) is 4.48. The summed E-state index contributed by atoms with van der Waals surface area (Å²) in [6.45, 7) is 6.74. The lowest BCUT2D eigenvalue weighted by atomic mass is 9.96. The highest BCUT2D eigenvalue weighted by Crippen LogP contribution is 2.34. The fourth-order valence-corrected chi connectivity index (χ4v) is 4.90. The van der Waals surface area contributed by atoms with Gasteiger partial charge in [0.1, 0.15) is 18.2 Å². The van der Waals surface area contributed by atoms with Gasteiger partial charge in [-0.05, 0) is 51.0 Å². The molecule has 9 nitrogen and oxygen atoms in total. The zero-order chi connectivity index (χ0) is 24.7. The molecule has 0 bridgehead atoms. The number of aromatic nitrogens is 5. The topological polar surface area (TPSA) is 93.4 Å². The Morgan fingerprint density at radius 1 is 1.06 bits per heavy atom. The second kappa shape index (κ2) is 8.89. The summed E-state index contributed by atoms with van der Waals surface area (Å²) < 4.78 is 7.70. The number of nitrogens with zero attached hydrogens (tertiary/aromatic N) is 7. The normalized spacial score (nSPS) is 17.8. The Kier molecular flexibility index (Phi) is 5.55.